The number of nitrogens with one attached hydrogen (secondary N) is 1. The number of amides is 1. The summed E-state index contributed by atoms with van der Waals surface area (Å²) in [5.41, 5.74) is 2.65. The highest BCUT2D eigenvalue weighted by Crippen LogP contribution is 2.32. The molecular weight excluding hydrogens is 324 g/mol. The van der Waals surface area contributed by atoms with Crippen LogP contribution >= 0.6 is 0 Å². The molecular formula is C22H28N2O2. The maximum absolute atomic E-state index is 12.6. The molecule has 1 atom stereocenters. The highest BCUT2D eigenvalue weighted by molar-refractivity contribution is 6.01. The lowest BCUT2D eigenvalue weighted by Crippen LogP contribution is -2.40. The molecule has 0 spiro atoms. The maximum Gasteiger partial charge on any atom is 0.257 e. The van der Waals surface area contributed by atoms with Crippen molar-refractivity contribution in [1.29, 1.82) is 0 Å². The molecule has 1 amide bonds. The Morgan fingerprint density at radius 1 is 1.00 bits per heavy atom. The lowest BCUT2D eigenvalue weighted by atomic mass is 10.0. The van der Waals surface area contributed by atoms with Gasteiger partial charge in [0.1, 0.15) is 11.9 Å². The van der Waals surface area contributed by atoms with Gasteiger partial charge in [-0.2, -0.15) is 0 Å². The summed E-state index contributed by atoms with van der Waals surface area (Å²) in [7, 11) is 1.83. The molecule has 4 nitrogen and oxygen atoms in total. The van der Waals surface area contributed by atoms with E-state index in [0.29, 0.717) is 5.56 Å². The number of fused-ring (bicyclic) bond motifs is 1. The largest absolute Gasteiger partial charge is 0.494 e. The van der Waals surface area contributed by atoms with Gasteiger partial charge in [-0.1, -0.05) is 56.9 Å². The fourth-order valence-electron chi connectivity index (χ4n) is 3.30. The highest BCUT2D eigenvalue weighted by atomic mass is 16.5. The second kappa shape index (κ2) is 8.75. The zero-order chi connectivity index (χ0) is 18.4. The van der Waals surface area contributed by atoms with E-state index in [4.69, 9.17) is 4.74 Å². The smallest absolute Gasteiger partial charge is 0.257 e. The first-order valence-corrected chi connectivity index (χ1v) is 9.56. The minimum absolute atomic E-state index is 0.0387. The maximum atomic E-state index is 12.6. The summed E-state index contributed by atoms with van der Waals surface area (Å²) >= 11 is 0. The Morgan fingerprint density at radius 3 is 2.50 bits per heavy atom. The fraction of sp³-hybridized carbons (Fsp3) is 0.409. The van der Waals surface area contributed by atoms with Gasteiger partial charge in [-0.15, -0.1) is 0 Å². The van der Waals surface area contributed by atoms with E-state index in [-0.39, 0.29) is 12.1 Å². The topological polar surface area (TPSA) is 41.6 Å². The van der Waals surface area contributed by atoms with Crippen molar-refractivity contribution in [3.8, 4) is 5.75 Å². The Labute approximate surface area is 156 Å². The number of para-hydroxylation sites is 1. The molecule has 0 fully saturated rings. The van der Waals surface area contributed by atoms with Gasteiger partial charge in [0.15, 0.2) is 0 Å². The highest BCUT2D eigenvalue weighted by Gasteiger charge is 2.29. The molecule has 26 heavy (non-hydrogen) atoms. The van der Waals surface area contributed by atoms with Crippen LogP contribution in [0.2, 0.25) is 0 Å². The molecule has 0 saturated carbocycles. The fourth-order valence-corrected chi connectivity index (χ4v) is 3.30. The molecule has 2 aromatic rings. The Morgan fingerprint density at radius 2 is 1.73 bits per heavy atom. The number of nitrogens with zero attached hydrogens (tertiary/aromatic N) is 1. The molecule has 1 unspecified atom stereocenters. The van der Waals surface area contributed by atoms with E-state index < -0.39 is 0 Å². The van der Waals surface area contributed by atoms with Crippen molar-refractivity contribution in [3.63, 3.8) is 0 Å². The van der Waals surface area contributed by atoms with Crippen molar-refractivity contribution in [2.24, 2.45) is 0 Å². The SMILES string of the molecule is CCCCCCCOc1ccc(C2Nc3ccccc3C(=O)N2C)cc1. The molecule has 1 aliphatic heterocycles. The molecule has 1 N–H and O–H groups in total. The molecule has 1 heterocycles. The molecule has 4 heteroatoms. The number of hydrogen-bond donors (Lipinski definition) is 1. The van der Waals surface area contributed by atoms with Gasteiger partial charge in [-0.3, -0.25) is 4.79 Å². The molecule has 0 radical (unpaired) electrons. The number of rotatable bonds is 8. The Kier molecular flexibility index (Phi) is 6.16. The predicted octanol–water partition coefficient (Wildman–Crippen LogP) is 5.23. The van der Waals surface area contributed by atoms with Crippen LogP contribution < -0.4 is 10.1 Å². The standard InChI is InChI=1S/C22H28N2O2/c1-3-4-5-6-9-16-26-18-14-12-17(13-15-18)21-23-20-11-8-7-10-19(20)22(25)24(21)2/h7-8,10-15,21,23H,3-6,9,16H2,1-2H3. The molecule has 0 bridgehead atoms. The van der Waals surface area contributed by atoms with Gasteiger partial charge in [0.2, 0.25) is 0 Å². The van der Waals surface area contributed by atoms with E-state index in [1.54, 1.807) is 4.90 Å². The number of carbonyl (C=O) groups is 1. The van der Waals surface area contributed by atoms with Crippen LogP contribution in [0.4, 0.5) is 5.69 Å². The molecule has 0 saturated heterocycles. The third kappa shape index (κ3) is 4.18. The van der Waals surface area contributed by atoms with Crippen molar-refractivity contribution in [2.75, 3.05) is 19.0 Å². The van der Waals surface area contributed by atoms with Crippen molar-refractivity contribution >= 4 is 11.6 Å². The summed E-state index contributed by atoms with van der Waals surface area (Å²) in [6, 6.07) is 15.7. The van der Waals surface area contributed by atoms with Gasteiger partial charge >= 0.3 is 0 Å². The number of hydrogen-bond acceptors (Lipinski definition) is 3. The van der Waals surface area contributed by atoms with Gasteiger partial charge in [-0.25, -0.2) is 0 Å². The van der Waals surface area contributed by atoms with E-state index in [0.717, 1.165) is 30.0 Å². The van der Waals surface area contributed by atoms with Crippen molar-refractivity contribution in [1.82, 2.24) is 4.90 Å². The number of carbonyl (C=O) groups excluding carboxylic acids is 1. The third-order valence-corrected chi connectivity index (χ3v) is 4.87. The molecule has 1 aliphatic rings. The second-order valence-corrected chi connectivity index (χ2v) is 6.84. The van der Waals surface area contributed by atoms with Gasteiger partial charge in [0, 0.05) is 12.7 Å². The lowest BCUT2D eigenvalue weighted by molar-refractivity contribution is 0.0735. The first kappa shape index (κ1) is 18.3. The summed E-state index contributed by atoms with van der Waals surface area (Å²) in [6.07, 6.45) is 6.01. The molecule has 0 aromatic heterocycles. The zero-order valence-corrected chi connectivity index (χ0v) is 15.7. The summed E-state index contributed by atoms with van der Waals surface area (Å²) < 4.78 is 5.83. The van der Waals surface area contributed by atoms with E-state index in [1.165, 1.54) is 25.7 Å². The van der Waals surface area contributed by atoms with Crippen LogP contribution in [-0.2, 0) is 0 Å². The van der Waals surface area contributed by atoms with Crippen molar-refractivity contribution < 1.29 is 9.53 Å². The quantitative estimate of drug-likeness (QED) is 0.661. The van der Waals surface area contributed by atoms with Crippen LogP contribution in [0.25, 0.3) is 0 Å². The van der Waals surface area contributed by atoms with Gasteiger partial charge in [0.05, 0.1) is 12.2 Å². The molecule has 3 rings (SSSR count). The van der Waals surface area contributed by atoms with Crippen LogP contribution in [-0.4, -0.2) is 24.5 Å². The monoisotopic (exact) mass is 352 g/mol. The summed E-state index contributed by atoms with van der Waals surface area (Å²) in [6.45, 7) is 2.99. The molecule has 138 valence electrons. The Hall–Kier alpha value is -2.49. The van der Waals surface area contributed by atoms with Gasteiger partial charge in [0.25, 0.3) is 5.91 Å². The first-order valence-electron chi connectivity index (χ1n) is 9.56. The van der Waals surface area contributed by atoms with Crippen LogP contribution in [0.1, 0.15) is 61.1 Å². The van der Waals surface area contributed by atoms with Crippen LogP contribution in [0.5, 0.6) is 5.75 Å². The number of ether oxygens (including phenoxy) is 1. The minimum Gasteiger partial charge on any atom is -0.494 e. The van der Waals surface area contributed by atoms with Crippen LogP contribution in [0.3, 0.4) is 0 Å². The zero-order valence-electron chi connectivity index (χ0n) is 15.7. The van der Waals surface area contributed by atoms with Crippen molar-refractivity contribution in [2.45, 2.75) is 45.2 Å². The second-order valence-electron chi connectivity index (χ2n) is 6.84. The van der Waals surface area contributed by atoms with Gasteiger partial charge < -0.3 is 15.0 Å². The van der Waals surface area contributed by atoms with Crippen LogP contribution in [0, 0.1) is 0 Å². The molecule has 2 aromatic carbocycles. The van der Waals surface area contributed by atoms with Crippen molar-refractivity contribution in [3.05, 3.63) is 59.7 Å². The number of anilines is 1. The lowest BCUT2D eigenvalue weighted by Gasteiger charge is -2.35. The summed E-state index contributed by atoms with van der Waals surface area (Å²) in [4.78, 5) is 14.3. The van der Waals surface area contributed by atoms with E-state index in [1.807, 2.05) is 55.6 Å². The van der Waals surface area contributed by atoms with E-state index >= 15 is 0 Å². The Balaban J connectivity index is 1.59. The third-order valence-electron chi connectivity index (χ3n) is 4.87. The number of benzene rings is 2. The molecule has 0 aliphatic carbocycles. The van der Waals surface area contributed by atoms with E-state index in [9.17, 15) is 4.79 Å². The summed E-state index contributed by atoms with van der Waals surface area (Å²) in [5, 5.41) is 3.45. The number of unbranched alkanes of at least 4 members (excludes halogenated alkanes) is 4. The van der Waals surface area contributed by atoms with Crippen LogP contribution in [0.15, 0.2) is 48.5 Å². The van der Waals surface area contributed by atoms with Gasteiger partial charge in [-0.05, 0) is 36.2 Å². The normalized spacial score (nSPS) is 16.2. The average molecular weight is 352 g/mol. The first-order chi connectivity index (χ1) is 12.7. The minimum atomic E-state index is -0.166. The summed E-state index contributed by atoms with van der Waals surface area (Å²) in [5.74, 6) is 0.922. The predicted molar refractivity (Wildman–Crippen MR) is 106 cm³/mol. The average Bonchev–Trinajstić information content (AvgIpc) is 2.68. The Bertz CT molecular complexity index is 727. The van der Waals surface area contributed by atoms with E-state index in [2.05, 4.69) is 12.2 Å².